The predicted octanol–water partition coefficient (Wildman–Crippen LogP) is 7.31. The minimum atomic E-state index is -1.19. The third-order valence-electron chi connectivity index (χ3n) is 12.7. The molecule has 2 amide bonds. The first-order chi connectivity index (χ1) is 28.3. The summed E-state index contributed by atoms with van der Waals surface area (Å²) < 4.78 is 7.59. The molecule has 2 bridgehead atoms. The number of imide groups is 1. The molecule has 9 heteroatoms. The Labute approximate surface area is 336 Å². The number of rotatable bonds is 5. The van der Waals surface area contributed by atoms with Crippen LogP contribution in [0, 0.1) is 11.8 Å². The van der Waals surface area contributed by atoms with Gasteiger partial charge in [0.1, 0.15) is 0 Å². The molecule has 3 heterocycles. The maximum atomic E-state index is 15.4. The number of ether oxygens (including phenoxy) is 1. The van der Waals surface area contributed by atoms with Gasteiger partial charge in [-0.2, -0.15) is 0 Å². The molecule has 3 atom stereocenters. The van der Waals surface area contributed by atoms with Crippen LogP contribution in [0.15, 0.2) is 155 Å². The number of carbonyl (C=O) groups is 3. The highest BCUT2D eigenvalue weighted by atomic mass is 32.1. The number of amides is 2. The van der Waals surface area contributed by atoms with Crippen LogP contribution in [0.2, 0.25) is 0 Å². The zero-order valence-electron chi connectivity index (χ0n) is 31.6. The molecule has 5 aliphatic rings. The number of allylic oxidation sites excluding steroid dienone is 1. The van der Waals surface area contributed by atoms with Crippen LogP contribution in [-0.2, 0) is 24.5 Å². The Morgan fingerprint density at radius 3 is 2.03 bits per heavy atom. The van der Waals surface area contributed by atoms with Crippen LogP contribution in [0.25, 0.3) is 27.6 Å². The molecule has 0 radical (unpaired) electrons. The predicted molar refractivity (Wildman–Crippen MR) is 224 cm³/mol. The summed E-state index contributed by atoms with van der Waals surface area (Å²) in [5, 5.41) is 3.62. The Morgan fingerprint density at radius 1 is 0.741 bits per heavy atom. The molecule has 0 saturated carbocycles. The molecule has 2 aliphatic heterocycles. The van der Waals surface area contributed by atoms with Crippen molar-refractivity contribution in [2.24, 2.45) is 16.8 Å². The van der Waals surface area contributed by atoms with Gasteiger partial charge in [0, 0.05) is 11.3 Å². The van der Waals surface area contributed by atoms with Crippen molar-refractivity contribution < 1.29 is 19.1 Å². The van der Waals surface area contributed by atoms with E-state index in [-0.39, 0.29) is 29.9 Å². The van der Waals surface area contributed by atoms with Crippen molar-refractivity contribution in [2.75, 3.05) is 11.5 Å². The first-order valence-electron chi connectivity index (χ1n) is 19.6. The second kappa shape index (κ2) is 12.6. The summed E-state index contributed by atoms with van der Waals surface area (Å²) in [5.41, 5.74) is 4.33. The van der Waals surface area contributed by atoms with Crippen molar-refractivity contribution in [1.29, 1.82) is 0 Å². The maximum absolute atomic E-state index is 15.4. The first kappa shape index (κ1) is 34.5. The van der Waals surface area contributed by atoms with Crippen LogP contribution in [-0.4, -0.2) is 29.0 Å². The van der Waals surface area contributed by atoms with Gasteiger partial charge in [0.2, 0.25) is 11.8 Å². The van der Waals surface area contributed by atoms with Crippen molar-refractivity contribution in [2.45, 2.75) is 31.2 Å². The van der Waals surface area contributed by atoms with Gasteiger partial charge in [0.15, 0.2) is 4.80 Å². The van der Waals surface area contributed by atoms with Crippen LogP contribution < -0.4 is 19.8 Å². The molecule has 6 aromatic carbocycles. The van der Waals surface area contributed by atoms with Gasteiger partial charge in [0.05, 0.1) is 51.4 Å². The van der Waals surface area contributed by atoms with Gasteiger partial charge in [-0.15, -0.1) is 0 Å². The molecule has 3 aliphatic carbocycles. The maximum Gasteiger partial charge on any atom is 0.338 e. The van der Waals surface area contributed by atoms with E-state index >= 15 is 14.4 Å². The summed E-state index contributed by atoms with van der Waals surface area (Å²) in [7, 11) is 0. The molecule has 0 N–H and O–H groups in total. The zero-order chi connectivity index (χ0) is 39.4. The van der Waals surface area contributed by atoms with E-state index in [0.717, 1.165) is 49.4 Å². The Bertz CT molecular complexity index is 3140. The highest BCUT2D eigenvalue weighted by molar-refractivity contribution is 7.07. The van der Waals surface area contributed by atoms with E-state index in [1.165, 1.54) is 16.2 Å². The number of carbonyl (C=O) groups excluding carboxylic acids is 3. The molecule has 0 spiro atoms. The molecule has 8 nitrogen and oxygen atoms in total. The molecule has 1 fully saturated rings. The summed E-state index contributed by atoms with van der Waals surface area (Å²) in [6, 6.07) is 42.6. The lowest BCUT2D eigenvalue weighted by Crippen LogP contribution is -2.53. The largest absolute Gasteiger partial charge is 0.463 e. The van der Waals surface area contributed by atoms with Gasteiger partial charge in [-0.3, -0.25) is 19.0 Å². The lowest BCUT2D eigenvalue weighted by molar-refractivity contribution is -0.139. The average molecular weight is 778 g/mol. The van der Waals surface area contributed by atoms with Crippen LogP contribution in [0.3, 0.4) is 0 Å². The summed E-state index contributed by atoms with van der Waals surface area (Å²) in [4.78, 5) is 66.4. The van der Waals surface area contributed by atoms with E-state index in [1.807, 2.05) is 127 Å². The Balaban J connectivity index is 1.19. The van der Waals surface area contributed by atoms with Crippen molar-refractivity contribution >= 4 is 62.4 Å². The highest BCUT2D eigenvalue weighted by Gasteiger charge is 2.67. The molecule has 1 saturated heterocycles. The minimum Gasteiger partial charge on any atom is -0.463 e. The number of esters is 1. The number of anilines is 1. The standard InChI is InChI=1S/C49H35N3O5S/c1-3-57-47(56)39-27(2)50-48-52(43(39)32-22-12-16-28-14-4-6-18-30(28)32)44(53)38(58-48)26-49-35-23-10-8-20-33(35)40(34-21-9-11-24-36(34)49)41-42(49)46(55)51(45(41)54)37-25-13-17-29-15-5-7-19-31(29)37/h4-26,40-43H,3H2,1-2H3/b38-26+/t40?,41-,42+,43+,49?/m0/s1. The minimum absolute atomic E-state index is 0.162. The SMILES string of the molecule is CCOC(=O)C1=C(C)N=c2s/c(=C/C34c5ccccc5C(c5ccccc53)[C@@H]3C(=O)N(c5cccc6ccccc56)C(=O)[C@@H]34)c(=O)n2[C@@H]1c1cccc2ccccc12. The van der Waals surface area contributed by atoms with E-state index in [2.05, 4.69) is 12.1 Å². The molecule has 12 rings (SSSR count). The lowest BCUT2D eigenvalue weighted by atomic mass is 9.47. The third kappa shape index (κ3) is 4.53. The van der Waals surface area contributed by atoms with Crippen molar-refractivity contribution in [3.8, 4) is 0 Å². The van der Waals surface area contributed by atoms with E-state index in [0.29, 0.717) is 26.3 Å². The number of hydrogen-bond donors (Lipinski definition) is 0. The topological polar surface area (TPSA) is 98.0 Å². The van der Waals surface area contributed by atoms with Crippen molar-refractivity contribution in [1.82, 2.24) is 4.57 Å². The van der Waals surface area contributed by atoms with Gasteiger partial charge in [0.25, 0.3) is 5.56 Å². The first-order valence-corrected chi connectivity index (χ1v) is 20.4. The van der Waals surface area contributed by atoms with E-state index in [1.54, 1.807) is 18.4 Å². The van der Waals surface area contributed by atoms with E-state index < -0.39 is 29.3 Å². The van der Waals surface area contributed by atoms with Gasteiger partial charge in [-0.1, -0.05) is 139 Å². The lowest BCUT2D eigenvalue weighted by Gasteiger charge is -2.53. The van der Waals surface area contributed by atoms with Crippen LogP contribution in [0.5, 0.6) is 0 Å². The quantitative estimate of drug-likeness (QED) is 0.135. The van der Waals surface area contributed by atoms with Crippen LogP contribution >= 0.6 is 11.3 Å². The summed E-state index contributed by atoms with van der Waals surface area (Å²) in [5.74, 6) is -2.97. The average Bonchev–Trinajstić information content (AvgIpc) is 3.70. The smallest absolute Gasteiger partial charge is 0.338 e. The van der Waals surface area contributed by atoms with E-state index in [4.69, 9.17) is 9.73 Å². The molecule has 0 unspecified atom stereocenters. The molecule has 1 aromatic heterocycles. The summed E-state index contributed by atoms with van der Waals surface area (Å²) in [6.45, 7) is 3.70. The number of thiazole rings is 1. The second-order valence-electron chi connectivity index (χ2n) is 15.4. The monoisotopic (exact) mass is 777 g/mol. The number of nitrogens with zero attached hydrogens (tertiary/aromatic N) is 3. The van der Waals surface area contributed by atoms with Crippen molar-refractivity contribution in [3.63, 3.8) is 0 Å². The fraction of sp³-hybridized carbons (Fsp3) is 0.163. The van der Waals surface area contributed by atoms with Crippen molar-refractivity contribution in [3.05, 3.63) is 192 Å². The molecular weight excluding hydrogens is 743 g/mol. The fourth-order valence-electron chi connectivity index (χ4n) is 10.5. The van der Waals surface area contributed by atoms with Gasteiger partial charge in [-0.05, 0) is 70.0 Å². The zero-order valence-corrected chi connectivity index (χ0v) is 32.4. The number of benzene rings is 6. The number of hydrogen-bond acceptors (Lipinski definition) is 7. The normalized spacial score (nSPS) is 23.1. The molecular formula is C49H35N3O5S. The van der Waals surface area contributed by atoms with Gasteiger partial charge >= 0.3 is 5.97 Å². The van der Waals surface area contributed by atoms with Crippen LogP contribution in [0.1, 0.15) is 53.6 Å². The van der Waals surface area contributed by atoms with Crippen LogP contribution in [0.4, 0.5) is 5.69 Å². The fourth-order valence-corrected chi connectivity index (χ4v) is 11.6. The summed E-state index contributed by atoms with van der Waals surface area (Å²) in [6.07, 6.45) is 1.95. The Morgan fingerprint density at radius 2 is 1.33 bits per heavy atom. The Hall–Kier alpha value is -6.71. The number of fused-ring (bicyclic) bond motifs is 3. The third-order valence-corrected chi connectivity index (χ3v) is 13.7. The highest BCUT2D eigenvalue weighted by Crippen LogP contribution is 2.65. The number of aromatic nitrogens is 1. The molecule has 282 valence electrons. The van der Waals surface area contributed by atoms with Gasteiger partial charge < -0.3 is 4.74 Å². The Kier molecular flexibility index (Phi) is 7.53. The van der Waals surface area contributed by atoms with E-state index in [9.17, 15) is 4.79 Å². The summed E-state index contributed by atoms with van der Waals surface area (Å²) >= 11 is 1.24. The second-order valence-corrected chi connectivity index (χ2v) is 16.4. The molecule has 7 aromatic rings. The molecule has 58 heavy (non-hydrogen) atoms. The van der Waals surface area contributed by atoms with Gasteiger partial charge in [-0.25, -0.2) is 14.7 Å².